The fraction of sp³-hybridized carbons (Fsp3) is 0.316. The number of benzene rings is 2. The zero-order valence-corrected chi connectivity index (χ0v) is 12.9. The molecule has 0 saturated carbocycles. The van der Waals surface area contributed by atoms with Gasteiger partial charge in [-0.15, -0.1) is 0 Å². The fourth-order valence-corrected chi connectivity index (χ4v) is 2.84. The number of carbonyl (C=O) groups is 1. The molecule has 0 bridgehead atoms. The average molecular weight is 282 g/mol. The highest BCUT2D eigenvalue weighted by molar-refractivity contribution is 5.97. The van der Waals surface area contributed by atoms with E-state index in [-0.39, 0.29) is 0 Å². The normalized spacial score (nSPS) is 10.6. The van der Waals surface area contributed by atoms with Crippen molar-refractivity contribution in [1.82, 2.24) is 0 Å². The molecule has 0 spiro atoms. The highest BCUT2D eigenvalue weighted by Crippen LogP contribution is 2.33. The molecule has 0 fully saturated rings. The van der Waals surface area contributed by atoms with Gasteiger partial charge < -0.3 is 5.11 Å². The maximum atomic E-state index is 11.5. The summed E-state index contributed by atoms with van der Waals surface area (Å²) in [6.07, 6.45) is 2.81. The van der Waals surface area contributed by atoms with E-state index in [1.54, 1.807) is 12.1 Å². The third-order valence-corrected chi connectivity index (χ3v) is 3.96. The van der Waals surface area contributed by atoms with Gasteiger partial charge in [0, 0.05) is 0 Å². The number of rotatable bonds is 5. The van der Waals surface area contributed by atoms with Crippen LogP contribution in [0.1, 0.15) is 47.8 Å². The molecule has 2 heteroatoms. The molecule has 0 aliphatic carbocycles. The number of carboxylic acids is 1. The van der Waals surface area contributed by atoms with Gasteiger partial charge in [-0.25, -0.2) is 4.79 Å². The molecular formula is C19H22O2. The first-order chi connectivity index (χ1) is 10.1. The van der Waals surface area contributed by atoms with Crippen LogP contribution in [0.15, 0.2) is 36.4 Å². The second-order valence-electron chi connectivity index (χ2n) is 5.20. The average Bonchev–Trinajstić information content (AvgIpc) is 2.53. The molecule has 0 radical (unpaired) electrons. The predicted octanol–water partition coefficient (Wildman–Crippen LogP) is 4.74. The van der Waals surface area contributed by atoms with E-state index in [0.717, 1.165) is 30.4 Å². The third-order valence-electron chi connectivity index (χ3n) is 3.96. The van der Waals surface area contributed by atoms with Gasteiger partial charge in [0.2, 0.25) is 0 Å². The molecular weight excluding hydrogens is 260 g/mol. The minimum absolute atomic E-state index is 0.381. The number of hydrogen-bond acceptors (Lipinski definition) is 1. The highest BCUT2D eigenvalue weighted by Gasteiger charge is 2.16. The highest BCUT2D eigenvalue weighted by atomic mass is 16.4. The number of aryl methyl sites for hydroxylation is 3. The predicted molar refractivity (Wildman–Crippen MR) is 87.0 cm³/mol. The number of hydrogen-bond donors (Lipinski definition) is 1. The van der Waals surface area contributed by atoms with Gasteiger partial charge in [0.05, 0.1) is 5.56 Å². The van der Waals surface area contributed by atoms with Gasteiger partial charge in [0.15, 0.2) is 0 Å². The SMILES string of the molecule is CCc1cc(CC)c(-c2ccccc2C(=O)O)c(CC)c1. The largest absolute Gasteiger partial charge is 0.478 e. The van der Waals surface area contributed by atoms with E-state index < -0.39 is 5.97 Å². The van der Waals surface area contributed by atoms with Crippen LogP contribution in [-0.4, -0.2) is 11.1 Å². The van der Waals surface area contributed by atoms with E-state index in [1.165, 1.54) is 16.7 Å². The Bertz CT molecular complexity index is 631. The van der Waals surface area contributed by atoms with Crippen molar-refractivity contribution in [2.45, 2.75) is 40.0 Å². The molecule has 2 aromatic rings. The monoisotopic (exact) mass is 282 g/mol. The van der Waals surface area contributed by atoms with Crippen molar-refractivity contribution in [3.63, 3.8) is 0 Å². The van der Waals surface area contributed by atoms with Crippen LogP contribution in [0.2, 0.25) is 0 Å². The topological polar surface area (TPSA) is 37.3 Å². The lowest BCUT2D eigenvalue weighted by Crippen LogP contribution is -2.04. The maximum absolute atomic E-state index is 11.5. The van der Waals surface area contributed by atoms with E-state index in [0.29, 0.717) is 5.56 Å². The summed E-state index contributed by atoms with van der Waals surface area (Å²) in [5.41, 5.74) is 6.11. The maximum Gasteiger partial charge on any atom is 0.336 e. The summed E-state index contributed by atoms with van der Waals surface area (Å²) in [5.74, 6) is -0.866. The molecule has 2 aromatic carbocycles. The van der Waals surface area contributed by atoms with Gasteiger partial charge in [0.25, 0.3) is 0 Å². The molecule has 0 saturated heterocycles. The molecule has 2 nitrogen and oxygen atoms in total. The van der Waals surface area contributed by atoms with Crippen molar-refractivity contribution in [3.05, 3.63) is 58.7 Å². The van der Waals surface area contributed by atoms with E-state index >= 15 is 0 Å². The number of aromatic carboxylic acids is 1. The Labute approximate surface area is 126 Å². The van der Waals surface area contributed by atoms with Gasteiger partial charge >= 0.3 is 5.97 Å². The Morgan fingerprint density at radius 1 is 0.952 bits per heavy atom. The van der Waals surface area contributed by atoms with E-state index in [4.69, 9.17) is 0 Å². The number of carboxylic acid groups (broad SMARTS) is 1. The van der Waals surface area contributed by atoms with Crippen LogP contribution >= 0.6 is 0 Å². The van der Waals surface area contributed by atoms with Gasteiger partial charge in [-0.2, -0.15) is 0 Å². The Balaban J connectivity index is 2.76. The lowest BCUT2D eigenvalue weighted by molar-refractivity contribution is 0.0697. The molecule has 0 amide bonds. The molecule has 0 aromatic heterocycles. The minimum Gasteiger partial charge on any atom is -0.478 e. The molecule has 0 heterocycles. The van der Waals surface area contributed by atoms with Crippen molar-refractivity contribution in [2.75, 3.05) is 0 Å². The first-order valence-electron chi connectivity index (χ1n) is 7.59. The molecule has 0 aliphatic rings. The van der Waals surface area contributed by atoms with Crippen LogP contribution in [0, 0.1) is 0 Å². The second kappa shape index (κ2) is 6.57. The van der Waals surface area contributed by atoms with Gasteiger partial charge in [-0.3, -0.25) is 0 Å². The van der Waals surface area contributed by atoms with Crippen LogP contribution in [0.3, 0.4) is 0 Å². The van der Waals surface area contributed by atoms with E-state index in [9.17, 15) is 9.90 Å². The summed E-state index contributed by atoms with van der Waals surface area (Å²) < 4.78 is 0. The summed E-state index contributed by atoms with van der Waals surface area (Å²) in [7, 11) is 0. The zero-order valence-electron chi connectivity index (χ0n) is 12.9. The van der Waals surface area contributed by atoms with Crippen molar-refractivity contribution >= 4 is 5.97 Å². The Morgan fingerprint density at radius 2 is 1.52 bits per heavy atom. The molecule has 0 atom stereocenters. The Morgan fingerprint density at radius 3 is 2.00 bits per heavy atom. The van der Waals surface area contributed by atoms with Crippen LogP contribution in [0.5, 0.6) is 0 Å². The van der Waals surface area contributed by atoms with Gasteiger partial charge in [-0.1, -0.05) is 51.1 Å². The molecule has 1 N–H and O–H groups in total. The second-order valence-corrected chi connectivity index (χ2v) is 5.20. The van der Waals surface area contributed by atoms with Gasteiger partial charge in [-0.05, 0) is 53.1 Å². The molecule has 0 aliphatic heterocycles. The van der Waals surface area contributed by atoms with Crippen molar-refractivity contribution < 1.29 is 9.90 Å². The van der Waals surface area contributed by atoms with E-state index in [2.05, 4.69) is 32.9 Å². The zero-order chi connectivity index (χ0) is 15.4. The summed E-state index contributed by atoms with van der Waals surface area (Å²) in [4.78, 5) is 11.5. The summed E-state index contributed by atoms with van der Waals surface area (Å²) in [5, 5.41) is 9.45. The fourth-order valence-electron chi connectivity index (χ4n) is 2.84. The molecule has 21 heavy (non-hydrogen) atoms. The Hall–Kier alpha value is -2.09. The third kappa shape index (κ3) is 2.99. The van der Waals surface area contributed by atoms with Crippen molar-refractivity contribution in [1.29, 1.82) is 0 Å². The summed E-state index contributed by atoms with van der Waals surface area (Å²) in [6, 6.07) is 11.7. The summed E-state index contributed by atoms with van der Waals surface area (Å²) >= 11 is 0. The van der Waals surface area contributed by atoms with Crippen LogP contribution in [0.25, 0.3) is 11.1 Å². The first-order valence-corrected chi connectivity index (χ1v) is 7.59. The van der Waals surface area contributed by atoms with Gasteiger partial charge in [0.1, 0.15) is 0 Å². The molecule has 0 unspecified atom stereocenters. The Kier molecular flexibility index (Phi) is 4.79. The van der Waals surface area contributed by atoms with E-state index in [1.807, 2.05) is 12.1 Å². The van der Waals surface area contributed by atoms with Crippen LogP contribution in [-0.2, 0) is 19.3 Å². The molecule has 2 rings (SSSR count). The van der Waals surface area contributed by atoms with Crippen LogP contribution in [0.4, 0.5) is 0 Å². The first kappa shape index (κ1) is 15.3. The van der Waals surface area contributed by atoms with Crippen molar-refractivity contribution in [2.24, 2.45) is 0 Å². The lowest BCUT2D eigenvalue weighted by Gasteiger charge is -2.17. The molecule has 110 valence electrons. The smallest absolute Gasteiger partial charge is 0.336 e. The quantitative estimate of drug-likeness (QED) is 0.860. The lowest BCUT2D eigenvalue weighted by atomic mass is 9.87. The van der Waals surface area contributed by atoms with Crippen molar-refractivity contribution in [3.8, 4) is 11.1 Å². The van der Waals surface area contributed by atoms with Crippen LogP contribution < -0.4 is 0 Å². The summed E-state index contributed by atoms with van der Waals surface area (Å²) in [6.45, 7) is 6.40. The standard InChI is InChI=1S/C19H22O2/c1-4-13-11-14(5-2)18(15(6-3)12-13)16-9-7-8-10-17(16)19(20)21/h7-12H,4-6H2,1-3H3,(H,20,21). The minimum atomic E-state index is -0.866.